The minimum atomic E-state index is -1.07. The highest BCUT2D eigenvalue weighted by molar-refractivity contribution is 6.37. The maximum atomic E-state index is 12.0. The lowest BCUT2D eigenvalue weighted by molar-refractivity contribution is -0.146. The Hall–Kier alpha value is -2.12. The van der Waals surface area contributed by atoms with Crippen LogP contribution in [0.1, 0.15) is 19.8 Å². The van der Waals surface area contributed by atoms with E-state index in [-0.39, 0.29) is 24.5 Å². The summed E-state index contributed by atoms with van der Waals surface area (Å²) in [6.07, 6.45) is -0.760. The number of rotatable bonds is 4. The van der Waals surface area contributed by atoms with Crippen LogP contribution in [-0.2, 0) is 19.1 Å². The van der Waals surface area contributed by atoms with Crippen LogP contribution in [0.25, 0.3) is 0 Å². The van der Waals surface area contributed by atoms with Crippen molar-refractivity contribution in [2.24, 2.45) is 5.10 Å². The first-order valence-electron chi connectivity index (χ1n) is 6.69. The molecule has 1 aromatic carbocycles. The van der Waals surface area contributed by atoms with Gasteiger partial charge in [-0.3, -0.25) is 9.59 Å². The van der Waals surface area contributed by atoms with E-state index in [1.165, 1.54) is 19.1 Å². The summed E-state index contributed by atoms with van der Waals surface area (Å²) in [6.45, 7) is 1.41. The molecule has 23 heavy (non-hydrogen) atoms. The van der Waals surface area contributed by atoms with Gasteiger partial charge in [0.15, 0.2) is 6.10 Å². The predicted molar refractivity (Wildman–Crippen MR) is 85.5 cm³/mol. The number of carbonyl (C=O) groups is 3. The van der Waals surface area contributed by atoms with Gasteiger partial charge in [-0.1, -0.05) is 23.2 Å². The molecule has 2 N–H and O–H groups in total. The fourth-order valence-corrected chi connectivity index (χ4v) is 2.07. The smallest absolute Gasteiger partial charge is 0.355 e. The highest BCUT2D eigenvalue weighted by Gasteiger charge is 2.24. The van der Waals surface area contributed by atoms with E-state index in [9.17, 15) is 14.4 Å². The zero-order valence-electron chi connectivity index (χ0n) is 12.1. The first kappa shape index (κ1) is 17.2. The van der Waals surface area contributed by atoms with Crippen molar-refractivity contribution in [2.75, 3.05) is 5.32 Å². The van der Waals surface area contributed by atoms with Gasteiger partial charge in [0.25, 0.3) is 5.91 Å². The molecule has 0 saturated heterocycles. The Labute approximate surface area is 142 Å². The second-order valence-corrected chi connectivity index (χ2v) is 5.60. The molecule has 0 bridgehead atoms. The lowest BCUT2D eigenvalue weighted by Gasteiger charge is -2.16. The van der Waals surface area contributed by atoms with Gasteiger partial charge in [-0.25, -0.2) is 10.2 Å². The molecule has 9 heteroatoms. The van der Waals surface area contributed by atoms with Crippen molar-refractivity contribution >= 4 is 52.4 Å². The average Bonchev–Trinajstić information content (AvgIpc) is 2.51. The third-order valence-corrected chi connectivity index (χ3v) is 3.54. The highest BCUT2D eigenvalue weighted by Crippen LogP contribution is 2.25. The Morgan fingerprint density at radius 1 is 1.35 bits per heavy atom. The Morgan fingerprint density at radius 2 is 2.09 bits per heavy atom. The third kappa shape index (κ3) is 4.67. The molecular weight excluding hydrogens is 345 g/mol. The second kappa shape index (κ2) is 7.43. The summed E-state index contributed by atoms with van der Waals surface area (Å²) in [5.41, 5.74) is 2.56. The van der Waals surface area contributed by atoms with Gasteiger partial charge in [0.2, 0.25) is 5.91 Å². The minimum Gasteiger partial charge on any atom is -0.448 e. The zero-order chi connectivity index (χ0) is 17.0. The number of esters is 1. The summed E-state index contributed by atoms with van der Waals surface area (Å²) in [4.78, 5) is 34.9. The predicted octanol–water partition coefficient (Wildman–Crippen LogP) is 2.13. The summed E-state index contributed by atoms with van der Waals surface area (Å²) in [5.74, 6) is -1.60. The molecule has 1 heterocycles. The number of anilines is 1. The van der Waals surface area contributed by atoms with E-state index < -0.39 is 18.0 Å². The summed E-state index contributed by atoms with van der Waals surface area (Å²) in [5, 5.41) is 6.84. The molecule has 2 rings (SSSR count). The molecule has 0 unspecified atom stereocenters. The first-order chi connectivity index (χ1) is 10.9. The van der Waals surface area contributed by atoms with Crippen molar-refractivity contribution in [3.63, 3.8) is 0 Å². The minimum absolute atomic E-state index is 0.0602. The molecule has 0 fully saturated rings. The Balaban J connectivity index is 1.96. The van der Waals surface area contributed by atoms with Crippen molar-refractivity contribution in [3.8, 4) is 0 Å². The van der Waals surface area contributed by atoms with Crippen molar-refractivity contribution in [1.82, 2.24) is 5.43 Å². The van der Waals surface area contributed by atoms with Gasteiger partial charge in [-0.2, -0.15) is 5.10 Å². The molecular formula is C14H13Cl2N3O4. The maximum absolute atomic E-state index is 12.0. The molecule has 0 aromatic heterocycles. The van der Waals surface area contributed by atoms with Crippen LogP contribution >= 0.6 is 23.2 Å². The quantitative estimate of drug-likeness (QED) is 0.806. The number of halogens is 2. The number of nitrogens with zero attached hydrogens (tertiary/aromatic N) is 1. The number of amides is 2. The molecule has 0 radical (unpaired) electrons. The van der Waals surface area contributed by atoms with Crippen LogP contribution in [0.4, 0.5) is 5.69 Å². The maximum Gasteiger partial charge on any atom is 0.355 e. The van der Waals surface area contributed by atoms with Crippen LogP contribution < -0.4 is 10.7 Å². The van der Waals surface area contributed by atoms with Gasteiger partial charge in [0.1, 0.15) is 5.71 Å². The van der Waals surface area contributed by atoms with Gasteiger partial charge >= 0.3 is 5.97 Å². The lowest BCUT2D eigenvalue weighted by Crippen LogP contribution is -2.35. The Kier molecular flexibility index (Phi) is 5.57. The molecule has 0 aliphatic carbocycles. The van der Waals surface area contributed by atoms with Crippen molar-refractivity contribution in [1.29, 1.82) is 0 Å². The number of carbonyl (C=O) groups excluding carboxylic acids is 3. The third-order valence-electron chi connectivity index (χ3n) is 2.98. The molecule has 0 spiro atoms. The number of hydrazone groups is 1. The zero-order valence-corrected chi connectivity index (χ0v) is 13.6. The van der Waals surface area contributed by atoms with Gasteiger partial charge in [0, 0.05) is 17.9 Å². The van der Waals surface area contributed by atoms with E-state index in [0.717, 1.165) is 0 Å². The second-order valence-electron chi connectivity index (χ2n) is 4.75. The number of ether oxygens (including phenoxy) is 1. The lowest BCUT2D eigenvalue weighted by atomic mass is 10.2. The largest absolute Gasteiger partial charge is 0.448 e. The number of hydrogen-bond donors (Lipinski definition) is 2. The van der Waals surface area contributed by atoms with E-state index in [4.69, 9.17) is 27.9 Å². The van der Waals surface area contributed by atoms with E-state index in [1.54, 1.807) is 6.07 Å². The van der Waals surface area contributed by atoms with Crippen LogP contribution in [0.2, 0.25) is 10.0 Å². The molecule has 0 saturated carbocycles. The Morgan fingerprint density at radius 3 is 2.74 bits per heavy atom. The monoisotopic (exact) mass is 357 g/mol. The van der Waals surface area contributed by atoms with E-state index in [1.807, 2.05) is 0 Å². The molecule has 1 aliphatic rings. The topological polar surface area (TPSA) is 96.9 Å². The van der Waals surface area contributed by atoms with Crippen LogP contribution in [0.5, 0.6) is 0 Å². The van der Waals surface area contributed by atoms with E-state index >= 15 is 0 Å². The van der Waals surface area contributed by atoms with Crippen LogP contribution in [0.3, 0.4) is 0 Å². The molecule has 1 atom stereocenters. The van der Waals surface area contributed by atoms with Gasteiger partial charge < -0.3 is 10.1 Å². The summed E-state index contributed by atoms with van der Waals surface area (Å²) < 4.78 is 5.02. The summed E-state index contributed by atoms with van der Waals surface area (Å²) >= 11 is 11.8. The van der Waals surface area contributed by atoms with Gasteiger partial charge in [-0.05, 0) is 25.1 Å². The summed E-state index contributed by atoms with van der Waals surface area (Å²) in [6, 6.07) is 4.60. The van der Waals surface area contributed by atoms with Crippen molar-refractivity contribution in [3.05, 3.63) is 28.2 Å². The molecule has 122 valence electrons. The number of hydrogen-bond acceptors (Lipinski definition) is 5. The number of benzene rings is 1. The SMILES string of the molecule is C[C@@H](OC(=O)C1=NNC(=O)CC1)C(=O)Nc1cc(Cl)ccc1Cl. The highest BCUT2D eigenvalue weighted by atomic mass is 35.5. The summed E-state index contributed by atoms with van der Waals surface area (Å²) in [7, 11) is 0. The fraction of sp³-hybridized carbons (Fsp3) is 0.286. The first-order valence-corrected chi connectivity index (χ1v) is 7.44. The molecule has 2 amide bonds. The Bertz CT molecular complexity index is 691. The van der Waals surface area contributed by atoms with Crippen LogP contribution in [-0.4, -0.2) is 29.6 Å². The van der Waals surface area contributed by atoms with Gasteiger partial charge in [-0.15, -0.1) is 0 Å². The van der Waals surface area contributed by atoms with Crippen LogP contribution in [0, 0.1) is 0 Å². The van der Waals surface area contributed by atoms with Crippen molar-refractivity contribution < 1.29 is 19.1 Å². The van der Waals surface area contributed by atoms with Crippen LogP contribution in [0.15, 0.2) is 23.3 Å². The molecule has 7 nitrogen and oxygen atoms in total. The average molecular weight is 358 g/mol. The van der Waals surface area contributed by atoms with Crippen molar-refractivity contribution in [2.45, 2.75) is 25.9 Å². The standard InChI is InChI=1S/C14H13Cl2N3O4/c1-7(23-14(22)10-4-5-12(20)19-18-10)13(21)17-11-6-8(15)2-3-9(11)16/h2-3,6-7H,4-5H2,1H3,(H,17,21)(H,19,20)/t7-/m1/s1. The molecule has 1 aliphatic heterocycles. The normalized spacial score (nSPS) is 15.3. The number of nitrogens with one attached hydrogen (secondary N) is 2. The fourth-order valence-electron chi connectivity index (χ4n) is 1.73. The van der Waals surface area contributed by atoms with Gasteiger partial charge in [0.05, 0.1) is 10.7 Å². The van der Waals surface area contributed by atoms with E-state index in [0.29, 0.717) is 15.7 Å². The van der Waals surface area contributed by atoms with E-state index in [2.05, 4.69) is 15.8 Å². The molecule has 1 aromatic rings.